The second-order valence-corrected chi connectivity index (χ2v) is 5.47. The molecule has 0 radical (unpaired) electrons. The van der Waals surface area contributed by atoms with Crippen molar-refractivity contribution in [2.45, 2.75) is 44.8 Å². The van der Waals surface area contributed by atoms with Crippen molar-refractivity contribution in [2.24, 2.45) is 0 Å². The highest BCUT2D eigenvalue weighted by atomic mass is 35.5. The van der Waals surface area contributed by atoms with Gasteiger partial charge in [0.05, 0.1) is 11.6 Å². The smallest absolute Gasteiger partial charge is 0.341 e. The van der Waals surface area contributed by atoms with Gasteiger partial charge in [0, 0.05) is 0 Å². The lowest BCUT2D eigenvalue weighted by atomic mass is 9.84. The molecule has 0 saturated carbocycles. The molecule has 0 aliphatic carbocycles. The number of hydrogen-bond acceptors (Lipinski definition) is 3. The molecule has 1 fully saturated rings. The predicted octanol–water partition coefficient (Wildman–Crippen LogP) is 3.83. The fourth-order valence-electron chi connectivity index (χ4n) is 2.64. The number of carbonyl (C=O) groups is 1. The first-order valence-electron chi connectivity index (χ1n) is 6.74. The molecule has 0 bridgehead atoms. The molecular weight excluding hydrogens is 283 g/mol. The first-order valence-corrected chi connectivity index (χ1v) is 7.12. The Morgan fingerprint density at radius 1 is 1.45 bits per heavy atom. The van der Waals surface area contributed by atoms with Crippen molar-refractivity contribution < 1.29 is 18.7 Å². The van der Waals surface area contributed by atoms with Crippen LogP contribution in [0.2, 0.25) is 5.02 Å². The van der Waals surface area contributed by atoms with Gasteiger partial charge >= 0.3 is 5.97 Å². The molecule has 0 amide bonds. The molecule has 1 aromatic carbocycles. The van der Waals surface area contributed by atoms with Crippen LogP contribution in [0.1, 0.15) is 39.2 Å². The van der Waals surface area contributed by atoms with Crippen molar-refractivity contribution >= 4 is 17.6 Å². The summed E-state index contributed by atoms with van der Waals surface area (Å²) in [6, 6.07) is 4.39. The summed E-state index contributed by atoms with van der Waals surface area (Å²) < 4.78 is 24.2. The number of rotatable bonds is 5. The Hall–Kier alpha value is -1.13. The number of hydrogen-bond donors (Lipinski definition) is 0. The topological polar surface area (TPSA) is 38.8 Å². The molecule has 3 nitrogen and oxygen atoms in total. The molecule has 1 aromatic rings. The van der Waals surface area contributed by atoms with E-state index in [1.165, 1.54) is 12.1 Å². The van der Waals surface area contributed by atoms with Crippen LogP contribution in [-0.4, -0.2) is 18.2 Å². The van der Waals surface area contributed by atoms with E-state index in [0.29, 0.717) is 18.6 Å². The van der Waals surface area contributed by atoms with Gasteiger partial charge in [0.15, 0.2) is 5.60 Å². The fraction of sp³-hybridized carbons (Fsp3) is 0.533. The highest BCUT2D eigenvalue weighted by molar-refractivity contribution is 6.30. The van der Waals surface area contributed by atoms with Crippen LogP contribution in [0.3, 0.4) is 0 Å². The predicted molar refractivity (Wildman–Crippen MR) is 74.1 cm³/mol. The van der Waals surface area contributed by atoms with Gasteiger partial charge in [-0.1, -0.05) is 31.0 Å². The molecule has 2 unspecified atom stereocenters. The normalized spacial score (nSPS) is 28.2. The van der Waals surface area contributed by atoms with E-state index in [0.717, 1.165) is 6.42 Å². The number of ether oxygens (including phenoxy) is 2. The minimum Gasteiger partial charge on any atom is -0.464 e. The molecule has 20 heavy (non-hydrogen) atoms. The zero-order valence-electron chi connectivity index (χ0n) is 11.8. The van der Waals surface area contributed by atoms with E-state index in [4.69, 9.17) is 21.1 Å². The third-order valence-electron chi connectivity index (χ3n) is 3.79. The van der Waals surface area contributed by atoms with Crippen LogP contribution in [0.5, 0.6) is 0 Å². The lowest BCUT2D eigenvalue weighted by molar-refractivity contribution is -0.149. The summed E-state index contributed by atoms with van der Waals surface area (Å²) in [6.45, 7) is 5.84. The third-order valence-corrected chi connectivity index (χ3v) is 4.07. The Bertz CT molecular complexity index is 534. The number of halogens is 2. The summed E-state index contributed by atoms with van der Waals surface area (Å²) in [6.07, 6.45) is 1.33. The highest BCUT2D eigenvalue weighted by Gasteiger charge is 2.73. The van der Waals surface area contributed by atoms with Gasteiger partial charge in [0.1, 0.15) is 11.4 Å². The van der Waals surface area contributed by atoms with E-state index in [-0.39, 0.29) is 11.0 Å². The molecule has 5 heteroatoms. The van der Waals surface area contributed by atoms with Crippen molar-refractivity contribution in [1.29, 1.82) is 0 Å². The van der Waals surface area contributed by atoms with Crippen LogP contribution in [0.25, 0.3) is 0 Å². The highest BCUT2D eigenvalue weighted by Crippen LogP contribution is 2.59. The van der Waals surface area contributed by atoms with Gasteiger partial charge in [-0.05, 0) is 38.0 Å². The van der Waals surface area contributed by atoms with Crippen molar-refractivity contribution in [3.63, 3.8) is 0 Å². The molecule has 2 atom stereocenters. The average Bonchev–Trinajstić information content (AvgIpc) is 3.01. The van der Waals surface area contributed by atoms with E-state index >= 15 is 0 Å². The maximum absolute atomic E-state index is 13.3. The molecule has 1 saturated heterocycles. The van der Waals surface area contributed by atoms with E-state index in [9.17, 15) is 9.18 Å². The minimum atomic E-state index is -0.987. The standard InChI is InChI=1S/C15H18ClFO3/c1-4-8-15(13(18)19-5-2)14(3,20-15)10-6-7-12(17)11(16)9-10/h6-7,9H,4-5,8H2,1-3H3. The molecule has 110 valence electrons. The van der Waals surface area contributed by atoms with Crippen molar-refractivity contribution in [1.82, 2.24) is 0 Å². The number of benzene rings is 1. The first kappa shape index (κ1) is 15.3. The van der Waals surface area contributed by atoms with Crippen LogP contribution in [0, 0.1) is 5.82 Å². The monoisotopic (exact) mass is 300 g/mol. The Balaban J connectivity index is 2.35. The van der Waals surface area contributed by atoms with Crippen LogP contribution in [0.15, 0.2) is 18.2 Å². The second-order valence-electron chi connectivity index (χ2n) is 5.06. The minimum absolute atomic E-state index is 0.0217. The number of esters is 1. The van der Waals surface area contributed by atoms with Gasteiger partial charge in [-0.2, -0.15) is 0 Å². The number of epoxide rings is 1. The molecule has 1 aliphatic rings. The van der Waals surface area contributed by atoms with Crippen molar-refractivity contribution in [3.05, 3.63) is 34.6 Å². The van der Waals surface area contributed by atoms with Crippen LogP contribution in [0.4, 0.5) is 4.39 Å². The van der Waals surface area contributed by atoms with Gasteiger partial charge in [-0.15, -0.1) is 0 Å². The van der Waals surface area contributed by atoms with E-state index in [1.54, 1.807) is 13.0 Å². The summed E-state index contributed by atoms with van der Waals surface area (Å²) in [4.78, 5) is 12.2. The zero-order valence-corrected chi connectivity index (χ0v) is 12.6. The van der Waals surface area contributed by atoms with E-state index < -0.39 is 17.0 Å². The van der Waals surface area contributed by atoms with Gasteiger partial charge < -0.3 is 9.47 Å². The Labute approximate surface area is 123 Å². The van der Waals surface area contributed by atoms with E-state index in [1.807, 2.05) is 13.8 Å². The number of carbonyl (C=O) groups excluding carboxylic acids is 1. The Morgan fingerprint density at radius 2 is 2.15 bits per heavy atom. The van der Waals surface area contributed by atoms with Gasteiger partial charge in [-0.25, -0.2) is 9.18 Å². The van der Waals surface area contributed by atoms with Crippen LogP contribution in [-0.2, 0) is 19.9 Å². The molecule has 0 N–H and O–H groups in total. The maximum atomic E-state index is 13.3. The lowest BCUT2D eigenvalue weighted by Crippen LogP contribution is -2.33. The summed E-state index contributed by atoms with van der Waals surface area (Å²) in [5, 5.41) is 0.0217. The summed E-state index contributed by atoms with van der Waals surface area (Å²) in [7, 11) is 0. The zero-order chi connectivity index (χ0) is 15.0. The van der Waals surface area contributed by atoms with Crippen molar-refractivity contribution in [2.75, 3.05) is 6.61 Å². The Kier molecular flexibility index (Phi) is 4.07. The molecule has 0 aromatic heterocycles. The average molecular weight is 301 g/mol. The Morgan fingerprint density at radius 3 is 2.70 bits per heavy atom. The molecular formula is C15H18ClFO3. The fourth-order valence-corrected chi connectivity index (χ4v) is 2.82. The summed E-state index contributed by atoms with van der Waals surface area (Å²) >= 11 is 5.81. The molecule has 1 aliphatic heterocycles. The largest absolute Gasteiger partial charge is 0.464 e. The van der Waals surface area contributed by atoms with Gasteiger partial charge in [0.2, 0.25) is 0 Å². The maximum Gasteiger partial charge on any atom is 0.341 e. The molecule has 2 rings (SSSR count). The first-order chi connectivity index (χ1) is 9.41. The van der Waals surface area contributed by atoms with Crippen molar-refractivity contribution in [3.8, 4) is 0 Å². The molecule has 0 spiro atoms. The third kappa shape index (κ3) is 2.21. The quantitative estimate of drug-likeness (QED) is 0.613. The van der Waals surface area contributed by atoms with Gasteiger partial charge in [-0.3, -0.25) is 0 Å². The molecule has 1 heterocycles. The van der Waals surface area contributed by atoms with Crippen LogP contribution >= 0.6 is 11.6 Å². The van der Waals surface area contributed by atoms with Gasteiger partial charge in [0.25, 0.3) is 0 Å². The summed E-state index contributed by atoms with van der Waals surface area (Å²) in [5.41, 5.74) is -1.11. The lowest BCUT2D eigenvalue weighted by Gasteiger charge is -2.16. The van der Waals surface area contributed by atoms with Crippen LogP contribution < -0.4 is 0 Å². The summed E-state index contributed by atoms with van der Waals surface area (Å²) in [5.74, 6) is -0.860. The van der Waals surface area contributed by atoms with E-state index in [2.05, 4.69) is 0 Å². The SMILES string of the molecule is CCCC1(C(=O)OCC)OC1(C)c1ccc(F)c(Cl)c1. The second kappa shape index (κ2) is 5.34.